The van der Waals surface area contributed by atoms with E-state index in [-0.39, 0.29) is 5.91 Å². The minimum Gasteiger partial charge on any atom is -0.481 e. The van der Waals surface area contributed by atoms with Crippen LogP contribution in [0.15, 0.2) is 40.9 Å². The summed E-state index contributed by atoms with van der Waals surface area (Å²) >= 11 is 9.53. The third kappa shape index (κ3) is 4.02. The number of halogens is 2. The van der Waals surface area contributed by atoms with Gasteiger partial charge in [0.2, 0.25) is 0 Å². The largest absolute Gasteiger partial charge is 0.481 e. The standard InChI is InChI=1S/C17H17BrClNO2/c1-10-8-13(9-11(2)16(10)19)22-12(3)17(21)20-15-7-5-4-6-14(15)18/h4-9,12H,1-3H3,(H,20,21). The molecule has 0 aromatic heterocycles. The maximum atomic E-state index is 12.2. The molecule has 1 amide bonds. The normalized spacial score (nSPS) is 11.9. The van der Waals surface area contributed by atoms with Crippen LogP contribution in [-0.4, -0.2) is 12.0 Å². The molecule has 0 bridgehead atoms. The van der Waals surface area contributed by atoms with Crippen LogP contribution in [0.2, 0.25) is 5.02 Å². The summed E-state index contributed by atoms with van der Waals surface area (Å²) in [7, 11) is 0. The maximum Gasteiger partial charge on any atom is 0.265 e. The van der Waals surface area contributed by atoms with Crippen molar-refractivity contribution in [3.05, 3.63) is 57.0 Å². The molecule has 2 aromatic carbocycles. The fourth-order valence-corrected chi connectivity index (χ4v) is 2.52. The van der Waals surface area contributed by atoms with Crippen LogP contribution in [-0.2, 0) is 4.79 Å². The quantitative estimate of drug-likeness (QED) is 0.796. The number of carbonyl (C=O) groups is 1. The molecule has 1 atom stereocenters. The summed E-state index contributed by atoms with van der Waals surface area (Å²) in [6, 6.07) is 11.1. The first-order valence-corrected chi connectivity index (χ1v) is 8.04. The molecular formula is C17H17BrClNO2. The van der Waals surface area contributed by atoms with Crippen LogP contribution in [0.5, 0.6) is 5.75 Å². The number of rotatable bonds is 4. The molecule has 0 aliphatic carbocycles. The molecule has 0 spiro atoms. The molecule has 2 aromatic rings. The van der Waals surface area contributed by atoms with Gasteiger partial charge in [0, 0.05) is 9.50 Å². The third-order valence-corrected chi connectivity index (χ3v) is 4.51. The highest BCUT2D eigenvalue weighted by molar-refractivity contribution is 9.10. The number of hydrogen-bond acceptors (Lipinski definition) is 2. The van der Waals surface area contributed by atoms with E-state index in [0.717, 1.165) is 20.6 Å². The Labute approximate surface area is 143 Å². The number of ether oxygens (including phenoxy) is 1. The number of aryl methyl sites for hydroxylation is 2. The summed E-state index contributed by atoms with van der Waals surface area (Å²) in [5, 5.41) is 3.55. The van der Waals surface area contributed by atoms with Crippen molar-refractivity contribution in [3.63, 3.8) is 0 Å². The van der Waals surface area contributed by atoms with E-state index in [9.17, 15) is 4.79 Å². The Bertz CT molecular complexity index is 680. The first-order valence-electron chi connectivity index (χ1n) is 6.87. The lowest BCUT2D eigenvalue weighted by Gasteiger charge is -2.16. The van der Waals surface area contributed by atoms with E-state index in [2.05, 4.69) is 21.2 Å². The maximum absolute atomic E-state index is 12.2. The number of nitrogens with one attached hydrogen (secondary N) is 1. The highest BCUT2D eigenvalue weighted by Gasteiger charge is 2.16. The van der Waals surface area contributed by atoms with E-state index in [1.54, 1.807) is 6.92 Å². The monoisotopic (exact) mass is 381 g/mol. The molecule has 1 N–H and O–H groups in total. The molecule has 0 fully saturated rings. The van der Waals surface area contributed by atoms with Crippen LogP contribution >= 0.6 is 27.5 Å². The Morgan fingerprint density at radius 3 is 2.41 bits per heavy atom. The fraction of sp³-hybridized carbons (Fsp3) is 0.235. The Balaban J connectivity index is 2.07. The lowest BCUT2D eigenvalue weighted by molar-refractivity contribution is -0.122. The first kappa shape index (κ1) is 16.8. The Kier molecular flexibility index (Phi) is 5.48. The van der Waals surface area contributed by atoms with Crippen molar-refractivity contribution in [2.45, 2.75) is 26.9 Å². The molecule has 5 heteroatoms. The number of amides is 1. The van der Waals surface area contributed by atoms with Crippen molar-refractivity contribution in [1.82, 2.24) is 0 Å². The molecule has 116 valence electrons. The Morgan fingerprint density at radius 1 is 1.23 bits per heavy atom. The average Bonchev–Trinajstić information content (AvgIpc) is 2.47. The van der Waals surface area contributed by atoms with E-state index >= 15 is 0 Å². The predicted molar refractivity (Wildman–Crippen MR) is 93.8 cm³/mol. The second-order valence-corrected chi connectivity index (χ2v) is 6.33. The number of carbonyl (C=O) groups excluding carboxylic acids is 1. The van der Waals surface area contributed by atoms with Gasteiger partial charge in [-0.05, 0) is 72.1 Å². The zero-order valence-electron chi connectivity index (χ0n) is 12.6. The molecule has 0 saturated carbocycles. The van der Waals surface area contributed by atoms with E-state index in [1.807, 2.05) is 50.2 Å². The van der Waals surface area contributed by atoms with Gasteiger partial charge in [0.25, 0.3) is 5.91 Å². The summed E-state index contributed by atoms with van der Waals surface area (Å²) in [5.41, 5.74) is 2.57. The lowest BCUT2D eigenvalue weighted by Crippen LogP contribution is -2.30. The van der Waals surface area contributed by atoms with Crippen LogP contribution in [0.4, 0.5) is 5.69 Å². The van der Waals surface area contributed by atoms with Crippen LogP contribution in [0.3, 0.4) is 0 Å². The second-order valence-electron chi connectivity index (χ2n) is 5.10. The van der Waals surface area contributed by atoms with Gasteiger partial charge in [-0.15, -0.1) is 0 Å². The van der Waals surface area contributed by atoms with Gasteiger partial charge in [0.05, 0.1) is 5.69 Å². The molecule has 2 rings (SSSR count). The topological polar surface area (TPSA) is 38.3 Å². The molecule has 3 nitrogen and oxygen atoms in total. The predicted octanol–water partition coefficient (Wildman–Crippen LogP) is 5.13. The van der Waals surface area contributed by atoms with Crippen molar-refractivity contribution < 1.29 is 9.53 Å². The van der Waals surface area contributed by atoms with Crippen molar-refractivity contribution in [1.29, 1.82) is 0 Å². The summed E-state index contributed by atoms with van der Waals surface area (Å²) in [6.07, 6.45) is -0.618. The smallest absolute Gasteiger partial charge is 0.265 e. The molecule has 0 aliphatic rings. The minimum absolute atomic E-state index is 0.211. The molecule has 22 heavy (non-hydrogen) atoms. The molecule has 0 heterocycles. The van der Waals surface area contributed by atoms with E-state index in [1.165, 1.54) is 0 Å². The Hall–Kier alpha value is -1.52. The van der Waals surface area contributed by atoms with Crippen LogP contribution in [0.25, 0.3) is 0 Å². The molecule has 1 unspecified atom stereocenters. The third-order valence-electron chi connectivity index (χ3n) is 3.22. The summed E-state index contributed by atoms with van der Waals surface area (Å²) in [5.74, 6) is 0.423. The van der Waals surface area contributed by atoms with E-state index < -0.39 is 6.10 Å². The van der Waals surface area contributed by atoms with Gasteiger partial charge in [-0.1, -0.05) is 23.7 Å². The number of hydrogen-bond donors (Lipinski definition) is 1. The zero-order chi connectivity index (χ0) is 16.3. The highest BCUT2D eigenvalue weighted by Crippen LogP contribution is 2.27. The van der Waals surface area contributed by atoms with Crippen LogP contribution in [0, 0.1) is 13.8 Å². The second kappa shape index (κ2) is 7.16. The number of anilines is 1. The first-order chi connectivity index (χ1) is 10.4. The SMILES string of the molecule is Cc1cc(OC(C)C(=O)Nc2ccccc2Br)cc(C)c1Cl. The molecular weight excluding hydrogens is 366 g/mol. The molecule has 0 aliphatic heterocycles. The molecule has 0 radical (unpaired) electrons. The van der Waals surface area contributed by atoms with Crippen molar-refractivity contribution in [2.75, 3.05) is 5.32 Å². The van der Waals surface area contributed by atoms with Gasteiger partial charge in [-0.2, -0.15) is 0 Å². The van der Waals surface area contributed by atoms with Gasteiger partial charge in [0.1, 0.15) is 5.75 Å². The zero-order valence-corrected chi connectivity index (χ0v) is 15.0. The van der Waals surface area contributed by atoms with Gasteiger partial charge in [-0.25, -0.2) is 0 Å². The van der Waals surface area contributed by atoms with Gasteiger partial charge in [0.15, 0.2) is 6.10 Å². The van der Waals surface area contributed by atoms with Gasteiger partial charge < -0.3 is 10.1 Å². The molecule has 0 saturated heterocycles. The van der Waals surface area contributed by atoms with Crippen LogP contribution in [0.1, 0.15) is 18.1 Å². The number of para-hydroxylation sites is 1. The van der Waals surface area contributed by atoms with E-state index in [0.29, 0.717) is 11.4 Å². The lowest BCUT2D eigenvalue weighted by atomic mass is 10.1. The average molecular weight is 383 g/mol. The van der Waals surface area contributed by atoms with Crippen LogP contribution < -0.4 is 10.1 Å². The number of benzene rings is 2. The Morgan fingerprint density at radius 2 is 1.82 bits per heavy atom. The van der Waals surface area contributed by atoms with Gasteiger partial charge in [-0.3, -0.25) is 4.79 Å². The highest BCUT2D eigenvalue weighted by atomic mass is 79.9. The summed E-state index contributed by atoms with van der Waals surface area (Å²) in [4.78, 5) is 12.2. The van der Waals surface area contributed by atoms with Crippen molar-refractivity contribution in [2.24, 2.45) is 0 Å². The van der Waals surface area contributed by atoms with Gasteiger partial charge >= 0.3 is 0 Å². The van der Waals surface area contributed by atoms with E-state index in [4.69, 9.17) is 16.3 Å². The summed E-state index contributed by atoms with van der Waals surface area (Å²) in [6.45, 7) is 5.54. The fourth-order valence-electron chi connectivity index (χ4n) is 2.03. The van der Waals surface area contributed by atoms with Crippen molar-refractivity contribution >= 4 is 39.1 Å². The summed E-state index contributed by atoms with van der Waals surface area (Å²) < 4.78 is 6.55. The minimum atomic E-state index is -0.618. The van der Waals surface area contributed by atoms with Crippen molar-refractivity contribution in [3.8, 4) is 5.75 Å².